The number of hydrogen-bond donors (Lipinski definition) is 1. The maximum Gasteiger partial charge on any atom is 0.257 e. The normalized spacial score (nSPS) is 31.1. The van der Waals surface area contributed by atoms with E-state index in [4.69, 9.17) is 78.7 Å². The largest absolute Gasteiger partial charge is 0.257 e. The molecule has 0 aromatic carbocycles. The van der Waals surface area contributed by atoms with Gasteiger partial charge in [-0.05, 0) is 84.6 Å². The monoisotopic (exact) mass is 497 g/mol. The Morgan fingerprint density at radius 1 is 0.750 bits per heavy atom. The zero-order valence-corrected chi connectivity index (χ0v) is 18.9. The molecule has 0 radical (unpaired) electrons. The van der Waals surface area contributed by atoms with Crippen LogP contribution in [0, 0.1) is 5.92 Å². The average Bonchev–Trinajstić information content (AvgIpc) is 2.06. The summed E-state index contributed by atoms with van der Waals surface area (Å²) in [5, 5.41) is 2.97. The Hall–Kier alpha value is 2.91. The molecule has 120 valence electrons. The second-order valence-corrected chi connectivity index (χ2v) is 22.4. The lowest BCUT2D eigenvalue weighted by molar-refractivity contribution is 0.636. The van der Waals surface area contributed by atoms with Crippen LogP contribution in [0.3, 0.4) is 0 Å². The van der Waals surface area contributed by atoms with Gasteiger partial charge in [0.15, 0.2) is 0 Å². The van der Waals surface area contributed by atoms with Gasteiger partial charge in [-0.15, -0.1) is 0 Å². The van der Waals surface area contributed by atoms with Gasteiger partial charge in [-0.2, -0.15) is 18.1 Å². The van der Waals surface area contributed by atoms with Crippen LogP contribution in [0.15, 0.2) is 18.1 Å². The molecule has 0 aliphatic carbocycles. The molecule has 0 bridgehead atoms. The van der Waals surface area contributed by atoms with Crippen LogP contribution in [-0.4, -0.2) is 6.54 Å². The third kappa shape index (κ3) is 7.65. The van der Waals surface area contributed by atoms with Crippen LogP contribution >= 0.6 is 103 Å². The molecule has 1 unspecified atom stereocenters. The molecule has 0 saturated heterocycles. The summed E-state index contributed by atoms with van der Waals surface area (Å²) in [4.78, 5) is 0. The molecule has 5 nitrogen and oxygen atoms in total. The fraction of sp³-hybridized carbons (Fsp3) is 1.00. The first-order valence-corrected chi connectivity index (χ1v) is 18.0. The number of hydrogen-bond acceptors (Lipinski definition) is 5. The first-order chi connectivity index (χ1) is 8.74. The SMILES string of the molecule is CC(C)CNP1(Cl)=NP(Cl)(Cl)=NP(Cl)(Cl)=NP(Cl)(Cl)=N1. The Bertz CT molecular complexity index is 592. The van der Waals surface area contributed by atoms with E-state index in [1.54, 1.807) is 0 Å². The first kappa shape index (κ1) is 21.0. The Morgan fingerprint density at radius 2 is 1.15 bits per heavy atom. The molecular weight excluding hydrogens is 490 g/mol. The minimum absolute atomic E-state index is 0.291. The van der Waals surface area contributed by atoms with Gasteiger partial charge in [0.25, 0.3) is 17.7 Å². The van der Waals surface area contributed by atoms with Crippen molar-refractivity contribution in [3.8, 4) is 0 Å². The predicted molar refractivity (Wildman–Crippen MR) is 101 cm³/mol. The van der Waals surface area contributed by atoms with Gasteiger partial charge >= 0.3 is 0 Å². The third-order valence-electron chi connectivity index (χ3n) is 1.58. The summed E-state index contributed by atoms with van der Waals surface area (Å²) in [6, 6.07) is 0. The lowest BCUT2D eigenvalue weighted by Gasteiger charge is -2.21. The molecule has 1 aliphatic rings. The van der Waals surface area contributed by atoms with Crippen molar-refractivity contribution in [1.29, 1.82) is 0 Å². The van der Waals surface area contributed by atoms with Gasteiger partial charge in [0.2, 0.25) is 6.71 Å². The predicted octanol–water partition coefficient (Wildman–Crippen LogP) is 9.70. The van der Waals surface area contributed by atoms with Crippen molar-refractivity contribution in [3.63, 3.8) is 0 Å². The van der Waals surface area contributed by atoms with Gasteiger partial charge in [0.1, 0.15) is 0 Å². The molecule has 1 rings (SSSR count). The number of nitrogens with one attached hydrogen (secondary N) is 1. The van der Waals surface area contributed by atoms with E-state index in [0.29, 0.717) is 12.5 Å². The van der Waals surface area contributed by atoms with E-state index in [-0.39, 0.29) is 0 Å². The second-order valence-electron chi connectivity index (χ2n) is 4.01. The van der Waals surface area contributed by atoms with Crippen LogP contribution in [0.1, 0.15) is 13.8 Å². The highest BCUT2D eigenvalue weighted by molar-refractivity contribution is 8.24. The smallest absolute Gasteiger partial charge is 0.253 e. The van der Waals surface area contributed by atoms with Crippen molar-refractivity contribution in [2.75, 3.05) is 6.54 Å². The number of halogens is 7. The van der Waals surface area contributed by atoms with Crippen molar-refractivity contribution in [3.05, 3.63) is 0 Å². The number of rotatable bonds is 3. The fourth-order valence-corrected chi connectivity index (χ4v) is 24.6. The molecular formula is C4H10Cl7N5P4. The van der Waals surface area contributed by atoms with Gasteiger partial charge in [0.05, 0.1) is 0 Å². The Labute approximate surface area is 151 Å². The van der Waals surface area contributed by atoms with Gasteiger partial charge in [-0.25, -0.2) is 0 Å². The molecule has 0 spiro atoms. The Balaban J connectivity index is 3.47. The summed E-state index contributed by atoms with van der Waals surface area (Å²) < 4.78 is 15.9. The van der Waals surface area contributed by atoms with Gasteiger partial charge in [0, 0.05) is 6.54 Å². The Morgan fingerprint density at radius 3 is 1.60 bits per heavy atom. The van der Waals surface area contributed by atoms with Gasteiger partial charge in [-0.1, -0.05) is 13.8 Å². The third-order valence-corrected chi connectivity index (χ3v) is 18.1. The molecule has 1 atom stereocenters. The first-order valence-electron chi connectivity index (χ1n) is 4.92. The van der Waals surface area contributed by atoms with Gasteiger partial charge < -0.3 is 0 Å². The molecule has 0 aromatic heterocycles. The molecule has 0 fully saturated rings. The molecule has 20 heavy (non-hydrogen) atoms. The van der Waals surface area contributed by atoms with Crippen molar-refractivity contribution < 1.29 is 0 Å². The van der Waals surface area contributed by atoms with Crippen molar-refractivity contribution >= 4 is 103 Å². The molecule has 0 aromatic rings. The van der Waals surface area contributed by atoms with Crippen LogP contribution < -0.4 is 5.09 Å². The summed E-state index contributed by atoms with van der Waals surface area (Å²) in [6.45, 7) is 1.46. The molecule has 16 heteroatoms. The summed E-state index contributed by atoms with van der Waals surface area (Å²) in [5.41, 5.74) is 0. The van der Waals surface area contributed by atoms with E-state index in [1.165, 1.54) is 0 Å². The summed E-state index contributed by atoms with van der Waals surface area (Å²) in [6.07, 6.45) is 0. The zero-order chi connectivity index (χ0) is 15.8. The maximum absolute atomic E-state index is 6.35. The van der Waals surface area contributed by atoms with Crippen LogP contribution in [0.2, 0.25) is 0 Å². The topological polar surface area (TPSA) is 61.5 Å². The summed E-state index contributed by atoms with van der Waals surface area (Å²) in [5.74, 6) is -9.38. The van der Waals surface area contributed by atoms with Crippen LogP contribution in [0.4, 0.5) is 0 Å². The maximum atomic E-state index is 6.35. The summed E-state index contributed by atoms with van der Waals surface area (Å²) >= 11 is 42.4. The van der Waals surface area contributed by atoms with Crippen LogP contribution in [0.25, 0.3) is 0 Å². The van der Waals surface area contributed by atoms with Crippen LogP contribution in [-0.2, 0) is 0 Å². The van der Waals surface area contributed by atoms with E-state index in [9.17, 15) is 0 Å². The van der Waals surface area contributed by atoms with E-state index in [2.05, 4.69) is 23.1 Å². The minimum Gasteiger partial charge on any atom is -0.253 e. The van der Waals surface area contributed by atoms with E-state index >= 15 is 0 Å². The van der Waals surface area contributed by atoms with E-state index in [0.717, 1.165) is 0 Å². The highest BCUT2D eigenvalue weighted by Gasteiger charge is 2.31. The zero-order valence-electron chi connectivity index (χ0n) is 10.0. The minimum atomic E-state index is -3.24. The molecule has 1 N–H and O–H groups in total. The van der Waals surface area contributed by atoms with Crippen LogP contribution in [0.5, 0.6) is 0 Å². The quantitative estimate of drug-likeness (QED) is 0.386. The molecule has 0 saturated carbocycles. The highest BCUT2D eigenvalue weighted by Crippen LogP contribution is 2.86. The standard InChI is InChI=1S/C4H10Cl7N5P4/c1-4(2)3-12-20(11)15-18(7,8)13-17(5,6)14-19(9,10)16-20/h4,12H,3H2,1-2H3. The average molecular weight is 500 g/mol. The van der Waals surface area contributed by atoms with Crippen molar-refractivity contribution in [2.45, 2.75) is 13.8 Å². The van der Waals surface area contributed by atoms with Crippen molar-refractivity contribution in [2.24, 2.45) is 24.0 Å². The Kier molecular flexibility index (Phi) is 7.78. The molecule has 1 heterocycles. The molecule has 1 aliphatic heterocycles. The van der Waals surface area contributed by atoms with Crippen molar-refractivity contribution in [1.82, 2.24) is 5.09 Å². The van der Waals surface area contributed by atoms with E-state index in [1.807, 2.05) is 13.8 Å². The van der Waals surface area contributed by atoms with E-state index < -0.39 is 24.4 Å². The lowest BCUT2D eigenvalue weighted by Crippen LogP contribution is -2.13. The summed E-state index contributed by atoms with van der Waals surface area (Å²) in [7, 11) is 0. The second kappa shape index (κ2) is 7.43. The molecule has 0 amide bonds. The van der Waals surface area contributed by atoms with Gasteiger partial charge in [-0.3, -0.25) is 5.09 Å². The number of nitrogens with zero attached hydrogens (tertiary/aromatic N) is 4. The highest BCUT2D eigenvalue weighted by atomic mass is 35.9. The lowest BCUT2D eigenvalue weighted by atomic mass is 10.2. The fourth-order valence-electron chi connectivity index (χ4n) is 0.978.